The number of thiazole rings is 1. The summed E-state index contributed by atoms with van der Waals surface area (Å²) >= 11 is 1.56. The van der Waals surface area contributed by atoms with E-state index in [1.165, 1.54) is 0 Å². The van der Waals surface area contributed by atoms with Gasteiger partial charge in [-0.1, -0.05) is 39.8 Å². The molecule has 1 aliphatic heterocycles. The van der Waals surface area contributed by atoms with Crippen LogP contribution in [-0.4, -0.2) is 71.8 Å². The van der Waals surface area contributed by atoms with Crippen LogP contribution in [0.3, 0.4) is 0 Å². The van der Waals surface area contributed by atoms with Crippen LogP contribution < -0.4 is 31.3 Å². The molecule has 0 saturated carbocycles. The van der Waals surface area contributed by atoms with E-state index in [4.69, 9.17) is 4.74 Å². The molecule has 12 nitrogen and oxygen atoms in total. The summed E-state index contributed by atoms with van der Waals surface area (Å²) in [4.78, 5) is 71.2. The number of para-hydroxylation sites is 1. The van der Waals surface area contributed by atoms with Gasteiger partial charge in [0.05, 0.1) is 23.0 Å². The second-order valence-electron chi connectivity index (χ2n) is 12.2. The number of hydrogen-bond donors (Lipinski definition) is 5. The Bertz CT molecular complexity index is 1340. The van der Waals surface area contributed by atoms with Gasteiger partial charge in [-0.25, -0.2) is 4.98 Å². The quantitative estimate of drug-likeness (QED) is 0.275. The van der Waals surface area contributed by atoms with Crippen molar-refractivity contribution in [1.29, 1.82) is 0 Å². The zero-order chi connectivity index (χ0) is 33.1. The van der Waals surface area contributed by atoms with E-state index < -0.39 is 54.2 Å². The van der Waals surface area contributed by atoms with Crippen LogP contribution in [0.25, 0.3) is 0 Å². The van der Waals surface area contributed by atoms with E-state index in [2.05, 4.69) is 31.6 Å². The molecule has 0 spiro atoms. The van der Waals surface area contributed by atoms with Crippen molar-refractivity contribution in [1.82, 2.24) is 31.6 Å². The molecule has 5 amide bonds. The van der Waals surface area contributed by atoms with E-state index in [1.807, 2.05) is 40.0 Å². The van der Waals surface area contributed by atoms with Gasteiger partial charge in [-0.2, -0.15) is 0 Å². The third-order valence-corrected chi connectivity index (χ3v) is 8.19. The monoisotopic (exact) mass is 642 g/mol. The van der Waals surface area contributed by atoms with Crippen LogP contribution in [-0.2, 0) is 25.6 Å². The van der Waals surface area contributed by atoms with Crippen molar-refractivity contribution >= 4 is 40.9 Å². The lowest BCUT2D eigenvalue weighted by molar-refractivity contribution is -0.134. The fraction of sp³-hybridized carbons (Fsp3) is 0.562. The van der Waals surface area contributed by atoms with Gasteiger partial charge in [-0.05, 0) is 50.7 Å². The Morgan fingerprint density at radius 3 is 2.44 bits per heavy atom. The summed E-state index contributed by atoms with van der Waals surface area (Å²) in [7, 11) is 0. The Morgan fingerprint density at radius 2 is 1.78 bits per heavy atom. The molecule has 5 N–H and O–H groups in total. The fourth-order valence-electron chi connectivity index (χ4n) is 4.84. The average Bonchev–Trinajstić information content (AvgIpc) is 3.39. The second kappa shape index (κ2) is 16.9. The number of fused-ring (bicyclic) bond motifs is 1. The van der Waals surface area contributed by atoms with Crippen LogP contribution in [0.1, 0.15) is 74.9 Å². The van der Waals surface area contributed by atoms with Crippen molar-refractivity contribution in [3.8, 4) is 5.75 Å². The largest absolute Gasteiger partial charge is 0.491 e. The van der Waals surface area contributed by atoms with E-state index in [0.717, 1.165) is 10.7 Å². The highest BCUT2D eigenvalue weighted by Crippen LogP contribution is 2.19. The second-order valence-corrected chi connectivity index (χ2v) is 13.1. The highest BCUT2D eigenvalue weighted by Gasteiger charge is 2.32. The van der Waals surface area contributed by atoms with Gasteiger partial charge in [-0.15, -0.1) is 11.3 Å². The minimum atomic E-state index is -1.23. The summed E-state index contributed by atoms with van der Waals surface area (Å²) in [6.07, 6.45) is 1.21. The van der Waals surface area contributed by atoms with Gasteiger partial charge in [0.15, 0.2) is 0 Å². The van der Waals surface area contributed by atoms with Crippen LogP contribution in [0.15, 0.2) is 29.6 Å². The first-order chi connectivity index (χ1) is 21.3. The van der Waals surface area contributed by atoms with Crippen molar-refractivity contribution in [2.24, 2.45) is 11.8 Å². The summed E-state index contributed by atoms with van der Waals surface area (Å²) < 4.78 is 5.91. The van der Waals surface area contributed by atoms with Crippen LogP contribution in [0.5, 0.6) is 5.75 Å². The Hall–Kier alpha value is -4.00. The van der Waals surface area contributed by atoms with E-state index in [-0.39, 0.29) is 35.7 Å². The number of nitrogens with one attached hydrogen (secondary N) is 5. The number of benzene rings is 1. The van der Waals surface area contributed by atoms with Gasteiger partial charge in [0.25, 0.3) is 5.91 Å². The normalized spacial score (nSPS) is 22.0. The SMILES string of the molecule is Cc1csc(CCCNC(=O)[C@@H]2CC(=O)N[C@@H](CC(C)C)C(=O)N[C@H](C(C)C)C(=O)N[C@@H](C)COc3ccccc3C(=O)N2)n1. The van der Waals surface area contributed by atoms with Gasteiger partial charge in [-0.3, -0.25) is 24.0 Å². The molecule has 2 heterocycles. The van der Waals surface area contributed by atoms with E-state index in [1.54, 1.807) is 42.5 Å². The number of ether oxygens (including phenoxy) is 1. The smallest absolute Gasteiger partial charge is 0.255 e. The van der Waals surface area contributed by atoms with Crippen molar-refractivity contribution < 1.29 is 28.7 Å². The van der Waals surface area contributed by atoms with Crippen LogP contribution in [0, 0.1) is 18.8 Å². The van der Waals surface area contributed by atoms with Crippen molar-refractivity contribution in [3.05, 3.63) is 45.9 Å². The first-order valence-electron chi connectivity index (χ1n) is 15.5. The summed E-state index contributed by atoms with van der Waals surface area (Å²) in [5.41, 5.74) is 1.12. The molecule has 1 aromatic carbocycles. The number of amides is 5. The van der Waals surface area contributed by atoms with Crippen molar-refractivity contribution in [2.45, 2.75) is 91.4 Å². The molecule has 45 heavy (non-hydrogen) atoms. The summed E-state index contributed by atoms with van der Waals surface area (Å²) in [5, 5.41) is 16.9. The lowest BCUT2D eigenvalue weighted by Crippen LogP contribution is -2.57. The molecule has 4 atom stereocenters. The lowest BCUT2D eigenvalue weighted by atomic mass is 9.99. The molecule has 246 valence electrons. The maximum Gasteiger partial charge on any atom is 0.255 e. The van der Waals surface area contributed by atoms with Crippen LogP contribution in [0.4, 0.5) is 0 Å². The molecule has 3 rings (SSSR count). The van der Waals surface area contributed by atoms with Gasteiger partial charge in [0, 0.05) is 24.0 Å². The molecule has 0 unspecified atom stereocenters. The van der Waals surface area contributed by atoms with Gasteiger partial charge in [0.1, 0.15) is 30.5 Å². The Kier molecular flexibility index (Phi) is 13.3. The van der Waals surface area contributed by atoms with Gasteiger partial charge >= 0.3 is 0 Å². The van der Waals surface area contributed by atoms with Gasteiger partial charge in [0.2, 0.25) is 23.6 Å². The van der Waals surface area contributed by atoms with E-state index >= 15 is 0 Å². The standard InChI is InChI=1S/C32H46N6O6S/c1-18(2)14-23-31(42)38-28(19(3)4)32(43)35-20(5)16-44-25-11-8-7-10-22(25)29(40)37-24(15-26(39)36-23)30(41)33-13-9-12-27-34-21(6)17-45-27/h7-8,10-11,17-20,23-24,28H,9,12-16H2,1-6H3,(H,33,41)(H,35,43)(H,36,39)(H,37,40)(H,38,42)/t20-,23-,24-,28+/m0/s1. The maximum atomic E-state index is 13.5. The number of carbonyl (C=O) groups excluding carboxylic acids is 5. The third kappa shape index (κ3) is 11.1. The Balaban J connectivity index is 1.87. The molecule has 13 heteroatoms. The number of rotatable bonds is 8. The first kappa shape index (κ1) is 35.5. The highest BCUT2D eigenvalue weighted by atomic mass is 32.1. The van der Waals surface area contributed by atoms with E-state index in [0.29, 0.717) is 25.8 Å². The minimum Gasteiger partial charge on any atom is -0.491 e. The average molecular weight is 643 g/mol. The number of nitrogens with zero attached hydrogens (tertiary/aromatic N) is 1. The molecule has 0 aliphatic carbocycles. The predicted octanol–water partition coefficient (Wildman–Crippen LogP) is 2.26. The highest BCUT2D eigenvalue weighted by molar-refractivity contribution is 7.09. The third-order valence-electron chi connectivity index (χ3n) is 7.16. The number of aryl methyl sites for hydroxylation is 2. The molecule has 0 radical (unpaired) electrons. The Morgan fingerprint density at radius 1 is 1.04 bits per heavy atom. The van der Waals surface area contributed by atoms with Crippen molar-refractivity contribution in [2.75, 3.05) is 13.2 Å². The topological polar surface area (TPSA) is 168 Å². The van der Waals surface area contributed by atoms with Crippen LogP contribution in [0.2, 0.25) is 0 Å². The minimum absolute atomic E-state index is 0.0376. The molecular weight excluding hydrogens is 596 g/mol. The molecule has 1 aromatic heterocycles. The molecular formula is C32H46N6O6S. The zero-order valence-electron chi connectivity index (χ0n) is 26.9. The molecule has 0 fully saturated rings. The predicted molar refractivity (Wildman–Crippen MR) is 172 cm³/mol. The Labute approximate surface area is 268 Å². The van der Waals surface area contributed by atoms with E-state index in [9.17, 15) is 24.0 Å². The molecule has 0 saturated heterocycles. The molecule has 1 aliphatic rings. The first-order valence-corrected chi connectivity index (χ1v) is 16.3. The lowest BCUT2D eigenvalue weighted by Gasteiger charge is -2.27. The summed E-state index contributed by atoms with van der Waals surface area (Å²) in [5.74, 6) is -2.57. The zero-order valence-corrected chi connectivity index (χ0v) is 27.7. The van der Waals surface area contributed by atoms with Crippen LogP contribution >= 0.6 is 11.3 Å². The fourth-order valence-corrected chi connectivity index (χ4v) is 5.65. The van der Waals surface area contributed by atoms with Gasteiger partial charge < -0.3 is 31.3 Å². The number of hydrogen-bond acceptors (Lipinski definition) is 8. The van der Waals surface area contributed by atoms with Crippen molar-refractivity contribution in [3.63, 3.8) is 0 Å². The summed E-state index contributed by atoms with van der Waals surface area (Å²) in [6.45, 7) is 11.5. The molecule has 0 bridgehead atoms. The molecule has 2 aromatic rings. The number of carbonyl (C=O) groups is 5. The summed E-state index contributed by atoms with van der Waals surface area (Å²) in [6, 6.07) is 3.06. The maximum absolute atomic E-state index is 13.5. The number of aromatic nitrogens is 1.